The maximum absolute atomic E-state index is 13.0. The van der Waals surface area contributed by atoms with Gasteiger partial charge >= 0.3 is 5.97 Å². The first-order chi connectivity index (χ1) is 15.8. The molecule has 0 spiro atoms. The molecule has 0 radical (unpaired) electrons. The van der Waals surface area contributed by atoms with E-state index in [1.807, 2.05) is 68.4 Å². The predicted octanol–water partition coefficient (Wildman–Crippen LogP) is 4.30. The van der Waals surface area contributed by atoms with Gasteiger partial charge in [0.15, 0.2) is 5.78 Å². The maximum Gasteiger partial charge on any atom is 0.372 e. The van der Waals surface area contributed by atoms with Crippen molar-refractivity contribution in [2.24, 2.45) is 0 Å². The second-order valence-electron chi connectivity index (χ2n) is 7.86. The number of rotatable bonds is 11. The fourth-order valence-electron chi connectivity index (χ4n) is 3.37. The standard InChI is InChI=1S/C26H26N2O5/c1-17(2)33-25-20(16-28-24-10-6-7-11-27-24)13-19(12-18-8-4-3-5-9-18)14-21(25)22(29)15-23(30)26(31)32/h3-11,13-14,17H,12,15-16H2,1-2H3,(H,27,28)(H,31,32). The molecule has 170 valence electrons. The fraction of sp³-hybridized carbons (Fsp3) is 0.231. The van der Waals surface area contributed by atoms with Gasteiger partial charge in [0.25, 0.3) is 0 Å². The number of anilines is 1. The van der Waals surface area contributed by atoms with Crippen LogP contribution in [0, 0.1) is 0 Å². The van der Waals surface area contributed by atoms with Crippen molar-refractivity contribution in [3.05, 3.63) is 89.1 Å². The van der Waals surface area contributed by atoms with Crippen molar-refractivity contribution in [1.29, 1.82) is 0 Å². The number of aromatic nitrogens is 1. The van der Waals surface area contributed by atoms with Crippen LogP contribution in [-0.4, -0.2) is 33.7 Å². The van der Waals surface area contributed by atoms with Crippen LogP contribution in [0.25, 0.3) is 0 Å². The first-order valence-electron chi connectivity index (χ1n) is 10.6. The van der Waals surface area contributed by atoms with Crippen LogP contribution in [0.4, 0.5) is 5.82 Å². The summed E-state index contributed by atoms with van der Waals surface area (Å²) in [7, 11) is 0. The van der Waals surface area contributed by atoms with E-state index in [0.717, 1.165) is 11.1 Å². The molecule has 0 fully saturated rings. The topological polar surface area (TPSA) is 106 Å². The normalized spacial score (nSPS) is 10.6. The molecule has 1 heterocycles. The quantitative estimate of drug-likeness (QED) is 0.257. The monoisotopic (exact) mass is 446 g/mol. The van der Waals surface area contributed by atoms with E-state index in [4.69, 9.17) is 9.84 Å². The van der Waals surface area contributed by atoms with Crippen LogP contribution in [0.15, 0.2) is 66.9 Å². The molecule has 0 unspecified atom stereocenters. The van der Waals surface area contributed by atoms with E-state index in [0.29, 0.717) is 30.1 Å². The minimum atomic E-state index is -1.63. The van der Waals surface area contributed by atoms with E-state index in [1.165, 1.54) is 0 Å². The van der Waals surface area contributed by atoms with Crippen molar-refractivity contribution in [3.63, 3.8) is 0 Å². The molecule has 3 aromatic rings. The largest absolute Gasteiger partial charge is 0.490 e. The molecule has 0 aliphatic heterocycles. The number of aliphatic carboxylic acids is 1. The first-order valence-corrected chi connectivity index (χ1v) is 10.6. The Hall–Kier alpha value is -4.00. The Labute approximate surface area is 192 Å². The minimum Gasteiger partial charge on any atom is -0.490 e. The van der Waals surface area contributed by atoms with Crippen molar-refractivity contribution >= 4 is 23.4 Å². The van der Waals surface area contributed by atoms with Gasteiger partial charge in [-0.3, -0.25) is 9.59 Å². The lowest BCUT2D eigenvalue weighted by Crippen LogP contribution is -2.19. The number of pyridine rings is 1. The van der Waals surface area contributed by atoms with E-state index >= 15 is 0 Å². The van der Waals surface area contributed by atoms with Crippen molar-refractivity contribution in [2.75, 3.05) is 5.32 Å². The summed E-state index contributed by atoms with van der Waals surface area (Å²) >= 11 is 0. The number of carbonyl (C=O) groups excluding carboxylic acids is 2. The van der Waals surface area contributed by atoms with Crippen LogP contribution in [0.2, 0.25) is 0 Å². The summed E-state index contributed by atoms with van der Waals surface area (Å²) in [4.78, 5) is 40.0. The van der Waals surface area contributed by atoms with Gasteiger partial charge in [-0.25, -0.2) is 9.78 Å². The van der Waals surface area contributed by atoms with E-state index in [1.54, 1.807) is 12.3 Å². The average Bonchev–Trinajstić information content (AvgIpc) is 2.79. The van der Waals surface area contributed by atoms with Crippen LogP contribution in [0.5, 0.6) is 5.75 Å². The Bertz CT molecular complexity index is 1130. The molecular weight excluding hydrogens is 420 g/mol. The lowest BCUT2D eigenvalue weighted by molar-refractivity contribution is -0.148. The third-order valence-corrected chi connectivity index (χ3v) is 4.82. The predicted molar refractivity (Wildman–Crippen MR) is 125 cm³/mol. The Morgan fingerprint density at radius 1 is 1.00 bits per heavy atom. The molecule has 1 aromatic heterocycles. The highest BCUT2D eigenvalue weighted by molar-refractivity contribution is 6.37. The highest BCUT2D eigenvalue weighted by Gasteiger charge is 2.24. The molecule has 0 bridgehead atoms. The molecule has 2 N–H and O–H groups in total. The smallest absolute Gasteiger partial charge is 0.372 e. The van der Waals surface area contributed by atoms with Gasteiger partial charge in [-0.1, -0.05) is 36.4 Å². The van der Waals surface area contributed by atoms with Gasteiger partial charge in [0, 0.05) is 18.3 Å². The van der Waals surface area contributed by atoms with Crippen molar-refractivity contribution in [3.8, 4) is 5.75 Å². The number of carboxylic acids is 1. The Balaban J connectivity index is 2.03. The summed E-state index contributed by atoms with van der Waals surface area (Å²) in [5, 5.41) is 12.2. The van der Waals surface area contributed by atoms with E-state index in [9.17, 15) is 14.4 Å². The number of ketones is 2. The Kier molecular flexibility index (Phi) is 7.91. The van der Waals surface area contributed by atoms with Crippen LogP contribution in [0.3, 0.4) is 0 Å². The molecule has 0 saturated heterocycles. The number of carbonyl (C=O) groups is 3. The lowest BCUT2D eigenvalue weighted by Gasteiger charge is -2.20. The van der Waals surface area contributed by atoms with Crippen molar-refractivity contribution in [2.45, 2.75) is 39.3 Å². The highest BCUT2D eigenvalue weighted by atomic mass is 16.5. The number of nitrogens with zero attached hydrogens (tertiary/aromatic N) is 1. The summed E-state index contributed by atoms with van der Waals surface area (Å²) in [6, 6.07) is 18.9. The molecule has 0 saturated carbocycles. The molecular formula is C26H26N2O5. The number of hydrogen-bond donors (Lipinski definition) is 2. The van der Waals surface area contributed by atoms with Crippen molar-refractivity contribution in [1.82, 2.24) is 4.98 Å². The molecule has 0 atom stereocenters. The molecule has 0 aliphatic carbocycles. The summed E-state index contributed by atoms with van der Waals surface area (Å²) in [6.45, 7) is 4.00. The second kappa shape index (κ2) is 11.0. The molecule has 7 heteroatoms. The van der Waals surface area contributed by atoms with Gasteiger partial charge in [0.2, 0.25) is 5.78 Å². The van der Waals surface area contributed by atoms with Gasteiger partial charge in [0.1, 0.15) is 11.6 Å². The number of hydrogen-bond acceptors (Lipinski definition) is 6. The van der Waals surface area contributed by atoms with Gasteiger partial charge in [-0.2, -0.15) is 0 Å². The lowest BCUT2D eigenvalue weighted by atomic mass is 9.95. The number of benzene rings is 2. The Morgan fingerprint density at radius 2 is 1.73 bits per heavy atom. The van der Waals surface area contributed by atoms with Gasteiger partial charge < -0.3 is 15.2 Å². The summed E-state index contributed by atoms with van der Waals surface area (Å²) in [6.07, 6.45) is 1.27. The molecule has 33 heavy (non-hydrogen) atoms. The minimum absolute atomic E-state index is 0.199. The van der Waals surface area contributed by atoms with Crippen LogP contribution in [-0.2, 0) is 22.6 Å². The fourth-order valence-corrected chi connectivity index (χ4v) is 3.37. The number of carboxylic acid groups (broad SMARTS) is 1. The van der Waals surface area contributed by atoms with Gasteiger partial charge in [-0.05, 0) is 55.7 Å². The highest BCUT2D eigenvalue weighted by Crippen LogP contribution is 2.30. The number of Topliss-reactive ketones (excluding diaryl/α,β-unsaturated/α-hetero) is 2. The zero-order chi connectivity index (χ0) is 23.8. The first kappa shape index (κ1) is 23.7. The van der Waals surface area contributed by atoms with Crippen LogP contribution < -0.4 is 10.1 Å². The molecule has 7 nitrogen and oxygen atoms in total. The maximum atomic E-state index is 13.0. The van der Waals surface area contributed by atoms with Crippen molar-refractivity contribution < 1.29 is 24.2 Å². The Morgan fingerprint density at radius 3 is 2.36 bits per heavy atom. The zero-order valence-corrected chi connectivity index (χ0v) is 18.6. The number of nitrogens with one attached hydrogen (secondary N) is 1. The third-order valence-electron chi connectivity index (χ3n) is 4.82. The molecule has 0 amide bonds. The second-order valence-corrected chi connectivity index (χ2v) is 7.86. The van der Waals surface area contributed by atoms with Gasteiger partial charge in [-0.15, -0.1) is 0 Å². The zero-order valence-electron chi connectivity index (χ0n) is 18.6. The molecule has 2 aromatic carbocycles. The summed E-state index contributed by atoms with van der Waals surface area (Å²) in [5.74, 6) is -2.37. The number of ether oxygens (including phenoxy) is 1. The van der Waals surface area contributed by atoms with E-state index < -0.39 is 24.0 Å². The van der Waals surface area contributed by atoms with Crippen LogP contribution >= 0.6 is 0 Å². The molecule has 0 aliphatic rings. The summed E-state index contributed by atoms with van der Waals surface area (Å²) < 4.78 is 5.99. The average molecular weight is 447 g/mol. The third kappa shape index (κ3) is 6.74. The van der Waals surface area contributed by atoms with E-state index in [-0.39, 0.29) is 11.7 Å². The summed E-state index contributed by atoms with van der Waals surface area (Å²) in [5.41, 5.74) is 2.82. The molecule has 3 rings (SSSR count). The van der Waals surface area contributed by atoms with E-state index in [2.05, 4.69) is 10.3 Å². The SMILES string of the molecule is CC(C)Oc1c(CNc2ccccn2)cc(Cc2ccccc2)cc1C(=O)CC(=O)C(=O)O. The van der Waals surface area contributed by atoms with Gasteiger partial charge in [0.05, 0.1) is 18.1 Å². The van der Waals surface area contributed by atoms with Crippen LogP contribution in [0.1, 0.15) is 47.3 Å².